The highest BCUT2D eigenvalue weighted by Crippen LogP contribution is 2.37. The third kappa shape index (κ3) is 3.31. The molecule has 3 nitrogen and oxygen atoms in total. The Kier molecular flexibility index (Phi) is 4.76. The first-order valence-electron chi connectivity index (χ1n) is 8.28. The molecule has 1 heterocycles. The van der Waals surface area contributed by atoms with E-state index >= 15 is 0 Å². The lowest BCUT2D eigenvalue weighted by Gasteiger charge is -2.10. The second-order valence-corrected chi connectivity index (χ2v) is 6.06. The molecular weight excluding hydrogens is 345 g/mol. The van der Waals surface area contributed by atoms with Gasteiger partial charge in [0, 0.05) is 17.4 Å². The van der Waals surface area contributed by atoms with E-state index in [-0.39, 0.29) is 11.1 Å². The Morgan fingerprint density at radius 3 is 2.58 bits per heavy atom. The predicted octanol–water partition coefficient (Wildman–Crippen LogP) is 5.73. The fourth-order valence-corrected chi connectivity index (χ4v) is 2.91. The van der Waals surface area contributed by atoms with Crippen molar-refractivity contribution < 1.29 is 27.5 Å². The first-order valence-corrected chi connectivity index (χ1v) is 8.28. The zero-order valence-electron chi connectivity index (χ0n) is 14.1. The van der Waals surface area contributed by atoms with Gasteiger partial charge in [0.15, 0.2) is 5.78 Å². The summed E-state index contributed by atoms with van der Waals surface area (Å²) in [5.74, 6) is -0.983. The molecule has 0 aliphatic carbocycles. The number of furan rings is 1. The van der Waals surface area contributed by atoms with Gasteiger partial charge in [0.2, 0.25) is 0 Å². The molecule has 0 radical (unpaired) electrons. The molecular formula is C20H17F3O3. The maximum absolute atomic E-state index is 13.0. The quantitative estimate of drug-likeness (QED) is 0.590. The van der Waals surface area contributed by atoms with Crippen molar-refractivity contribution in [3.63, 3.8) is 0 Å². The van der Waals surface area contributed by atoms with Crippen molar-refractivity contribution in [1.29, 1.82) is 0 Å². The Labute approximate surface area is 148 Å². The molecule has 3 aromatic rings. The van der Waals surface area contributed by atoms with Crippen LogP contribution in [0, 0.1) is 0 Å². The molecule has 0 spiro atoms. The number of aryl methyl sites for hydroxylation is 1. The number of halogens is 3. The number of phenols is 1. The number of ketones is 1. The van der Waals surface area contributed by atoms with Crippen LogP contribution < -0.4 is 0 Å². The summed E-state index contributed by atoms with van der Waals surface area (Å²) in [4.78, 5) is 13.0. The summed E-state index contributed by atoms with van der Waals surface area (Å²) >= 11 is 0. The Hall–Kier alpha value is -2.76. The van der Waals surface area contributed by atoms with Gasteiger partial charge in [-0.2, -0.15) is 13.2 Å². The number of phenolic OH excluding ortho intramolecular Hbond substituents is 1. The third-order valence-corrected chi connectivity index (χ3v) is 4.22. The molecule has 0 aliphatic rings. The lowest BCUT2D eigenvalue weighted by molar-refractivity contribution is -0.138. The number of carbonyl (C=O) groups is 1. The van der Waals surface area contributed by atoms with E-state index in [1.54, 1.807) is 24.3 Å². The van der Waals surface area contributed by atoms with Crippen LogP contribution in [-0.4, -0.2) is 10.9 Å². The van der Waals surface area contributed by atoms with Crippen LogP contribution >= 0.6 is 0 Å². The monoisotopic (exact) mass is 362 g/mol. The second-order valence-electron chi connectivity index (χ2n) is 6.06. The molecule has 26 heavy (non-hydrogen) atoms. The Balaban J connectivity index is 2.13. The first-order chi connectivity index (χ1) is 12.3. The fraction of sp³-hybridized carbons (Fsp3) is 0.250. The minimum absolute atomic E-state index is 0.139. The highest BCUT2D eigenvalue weighted by Gasteiger charge is 2.35. The summed E-state index contributed by atoms with van der Waals surface area (Å²) in [6.07, 6.45) is -2.54. The topological polar surface area (TPSA) is 50.4 Å². The number of hydrogen-bond donors (Lipinski definition) is 1. The number of alkyl halides is 3. The van der Waals surface area contributed by atoms with Crippen molar-refractivity contribution in [1.82, 2.24) is 0 Å². The van der Waals surface area contributed by atoms with E-state index in [1.807, 2.05) is 6.92 Å². The number of para-hydroxylation sites is 1. The van der Waals surface area contributed by atoms with Crippen molar-refractivity contribution >= 4 is 16.8 Å². The molecule has 0 aliphatic heterocycles. The standard InChI is InChI=1S/C20H17F3O3/c1-2-3-7-17-18(13-6-4-5-8-16(13)26-17)19(25)12-9-10-15(24)14(11-12)20(21,22)23/h4-6,8-11,24H,2-3,7H2,1H3. The number of aromatic hydroxyl groups is 1. The van der Waals surface area contributed by atoms with Crippen LogP contribution in [0.25, 0.3) is 11.0 Å². The second kappa shape index (κ2) is 6.86. The minimum atomic E-state index is -4.75. The summed E-state index contributed by atoms with van der Waals surface area (Å²) in [6, 6.07) is 9.72. The number of rotatable bonds is 5. The average molecular weight is 362 g/mol. The van der Waals surface area contributed by atoms with E-state index in [0.717, 1.165) is 18.9 Å². The zero-order chi connectivity index (χ0) is 18.9. The van der Waals surface area contributed by atoms with E-state index < -0.39 is 23.3 Å². The summed E-state index contributed by atoms with van der Waals surface area (Å²) in [5, 5.41) is 10.0. The van der Waals surface area contributed by atoms with Gasteiger partial charge in [-0.05, 0) is 30.7 Å². The van der Waals surface area contributed by atoms with E-state index in [9.17, 15) is 23.1 Å². The highest BCUT2D eigenvalue weighted by atomic mass is 19.4. The molecule has 0 amide bonds. The molecule has 136 valence electrons. The third-order valence-electron chi connectivity index (χ3n) is 4.22. The zero-order valence-corrected chi connectivity index (χ0v) is 14.1. The van der Waals surface area contributed by atoms with Crippen LogP contribution in [0.5, 0.6) is 5.75 Å². The van der Waals surface area contributed by atoms with Gasteiger partial charge in [-0.15, -0.1) is 0 Å². The van der Waals surface area contributed by atoms with E-state index in [4.69, 9.17) is 4.42 Å². The molecule has 3 rings (SSSR count). The van der Waals surface area contributed by atoms with Crippen LogP contribution in [0.1, 0.15) is 47.0 Å². The van der Waals surface area contributed by atoms with Crippen molar-refractivity contribution in [3.05, 3.63) is 64.9 Å². The van der Waals surface area contributed by atoms with Crippen LogP contribution in [0.4, 0.5) is 13.2 Å². The van der Waals surface area contributed by atoms with Crippen molar-refractivity contribution in [2.24, 2.45) is 0 Å². The Morgan fingerprint density at radius 1 is 1.15 bits per heavy atom. The number of carbonyl (C=O) groups excluding carboxylic acids is 1. The molecule has 0 saturated carbocycles. The maximum Gasteiger partial charge on any atom is 0.419 e. The number of hydrogen-bond acceptors (Lipinski definition) is 3. The van der Waals surface area contributed by atoms with E-state index in [0.29, 0.717) is 29.2 Å². The Morgan fingerprint density at radius 2 is 1.88 bits per heavy atom. The van der Waals surface area contributed by atoms with Gasteiger partial charge in [-0.3, -0.25) is 4.79 Å². The summed E-state index contributed by atoms with van der Waals surface area (Å²) < 4.78 is 44.9. The molecule has 0 unspecified atom stereocenters. The summed E-state index contributed by atoms with van der Waals surface area (Å²) in [7, 11) is 0. The number of benzene rings is 2. The SMILES string of the molecule is CCCCc1oc2ccccc2c1C(=O)c1ccc(O)c(C(F)(F)F)c1. The van der Waals surface area contributed by atoms with Gasteiger partial charge in [-0.25, -0.2) is 0 Å². The number of fused-ring (bicyclic) bond motifs is 1. The average Bonchev–Trinajstić information content (AvgIpc) is 2.97. The largest absolute Gasteiger partial charge is 0.507 e. The summed E-state index contributed by atoms with van der Waals surface area (Å²) in [6.45, 7) is 2.00. The van der Waals surface area contributed by atoms with Crippen molar-refractivity contribution in [3.8, 4) is 5.75 Å². The molecule has 1 aromatic heterocycles. The molecule has 6 heteroatoms. The lowest BCUT2D eigenvalue weighted by Crippen LogP contribution is -2.09. The molecule has 1 N–H and O–H groups in total. The summed E-state index contributed by atoms with van der Waals surface area (Å²) in [5.41, 5.74) is -0.560. The van der Waals surface area contributed by atoms with Gasteiger partial charge in [-0.1, -0.05) is 31.5 Å². The van der Waals surface area contributed by atoms with Gasteiger partial charge >= 0.3 is 6.18 Å². The smallest absolute Gasteiger partial charge is 0.419 e. The molecule has 0 fully saturated rings. The molecule has 0 atom stereocenters. The van der Waals surface area contributed by atoms with Crippen LogP contribution in [-0.2, 0) is 12.6 Å². The van der Waals surface area contributed by atoms with Crippen LogP contribution in [0.3, 0.4) is 0 Å². The highest BCUT2D eigenvalue weighted by molar-refractivity contribution is 6.17. The van der Waals surface area contributed by atoms with Crippen molar-refractivity contribution in [2.75, 3.05) is 0 Å². The minimum Gasteiger partial charge on any atom is -0.507 e. The van der Waals surface area contributed by atoms with Gasteiger partial charge in [0.25, 0.3) is 0 Å². The normalized spacial score (nSPS) is 11.8. The fourth-order valence-electron chi connectivity index (χ4n) is 2.91. The van der Waals surface area contributed by atoms with E-state index in [1.165, 1.54) is 6.07 Å². The van der Waals surface area contributed by atoms with E-state index in [2.05, 4.69) is 0 Å². The van der Waals surface area contributed by atoms with Gasteiger partial charge in [0.1, 0.15) is 17.1 Å². The first kappa shape index (κ1) is 18.0. The molecule has 2 aromatic carbocycles. The lowest BCUT2D eigenvalue weighted by atomic mass is 9.97. The van der Waals surface area contributed by atoms with Crippen molar-refractivity contribution in [2.45, 2.75) is 32.4 Å². The van der Waals surface area contributed by atoms with Gasteiger partial charge in [0.05, 0.1) is 11.1 Å². The molecule has 0 saturated heterocycles. The van der Waals surface area contributed by atoms with Crippen LogP contribution in [0.2, 0.25) is 0 Å². The number of unbranched alkanes of at least 4 members (excludes halogenated alkanes) is 1. The predicted molar refractivity (Wildman–Crippen MR) is 91.4 cm³/mol. The Bertz CT molecular complexity index is 955. The molecule has 0 bridgehead atoms. The van der Waals surface area contributed by atoms with Crippen LogP contribution in [0.15, 0.2) is 46.9 Å². The van der Waals surface area contributed by atoms with Gasteiger partial charge < -0.3 is 9.52 Å². The maximum atomic E-state index is 13.0.